The fraction of sp³-hybridized carbons (Fsp3) is 0.0789. The van der Waals surface area contributed by atoms with E-state index in [4.69, 9.17) is 35.3 Å². The number of halogens is 1. The summed E-state index contributed by atoms with van der Waals surface area (Å²) in [5.41, 5.74) is 3.04. The first-order valence-electron chi connectivity index (χ1n) is 14.2. The van der Waals surface area contributed by atoms with Gasteiger partial charge in [0.1, 0.15) is 23.0 Å². The van der Waals surface area contributed by atoms with E-state index in [2.05, 4.69) is 0 Å². The van der Waals surface area contributed by atoms with Crippen LogP contribution in [0.4, 0.5) is 0 Å². The zero-order chi connectivity index (χ0) is 31.3. The van der Waals surface area contributed by atoms with Crippen molar-refractivity contribution in [3.8, 4) is 62.5 Å². The van der Waals surface area contributed by atoms with Crippen LogP contribution < -0.4 is 23.7 Å². The molecule has 0 N–H and O–H groups in total. The molecule has 0 unspecified atom stereocenters. The van der Waals surface area contributed by atoms with Crippen LogP contribution >= 0.6 is 11.6 Å². The highest BCUT2D eigenvalue weighted by Gasteiger charge is 2.29. The number of benzene rings is 6. The van der Waals surface area contributed by atoms with Crippen LogP contribution in [-0.2, 0) is 4.79 Å². The van der Waals surface area contributed by atoms with E-state index < -0.39 is 5.97 Å². The third-order valence-electron chi connectivity index (χ3n) is 7.22. The van der Waals surface area contributed by atoms with E-state index in [1.165, 1.54) is 6.92 Å². The Hall–Kier alpha value is -5.46. The maximum atomic E-state index is 12.4. The van der Waals surface area contributed by atoms with Gasteiger partial charge in [0.25, 0.3) is 0 Å². The van der Waals surface area contributed by atoms with Crippen LogP contribution in [0.5, 0.6) is 40.2 Å². The average Bonchev–Trinajstić information content (AvgIpc) is 3.07. The molecular weight excluding hydrogens is 588 g/mol. The van der Waals surface area contributed by atoms with Gasteiger partial charge in [-0.3, -0.25) is 4.79 Å². The van der Waals surface area contributed by atoms with Crippen molar-refractivity contribution < 1.29 is 28.5 Å². The predicted octanol–water partition coefficient (Wildman–Crippen LogP) is 10.4. The summed E-state index contributed by atoms with van der Waals surface area (Å²) in [5, 5.41) is 1.65. The number of carbonyl (C=O) groups is 1. The Morgan fingerprint density at radius 1 is 0.533 bits per heavy atom. The first-order valence-corrected chi connectivity index (χ1v) is 14.6. The molecule has 0 saturated heterocycles. The zero-order valence-corrected chi connectivity index (χ0v) is 25.6. The lowest BCUT2D eigenvalue weighted by molar-refractivity contribution is -0.131. The third-order valence-corrected chi connectivity index (χ3v) is 7.52. The molecule has 0 atom stereocenters. The van der Waals surface area contributed by atoms with Crippen LogP contribution in [0.15, 0.2) is 121 Å². The second-order valence-corrected chi connectivity index (χ2v) is 10.5. The van der Waals surface area contributed by atoms with Crippen molar-refractivity contribution in [2.45, 2.75) is 6.92 Å². The molecule has 0 heterocycles. The van der Waals surface area contributed by atoms with E-state index in [1.54, 1.807) is 20.3 Å². The van der Waals surface area contributed by atoms with Gasteiger partial charge >= 0.3 is 5.97 Å². The molecule has 45 heavy (non-hydrogen) atoms. The maximum Gasteiger partial charge on any atom is 0.308 e. The van der Waals surface area contributed by atoms with Crippen molar-refractivity contribution in [2.75, 3.05) is 14.2 Å². The lowest BCUT2D eigenvalue weighted by atomic mass is 9.89. The van der Waals surface area contributed by atoms with Crippen molar-refractivity contribution in [2.24, 2.45) is 0 Å². The number of carbonyl (C=O) groups excluding carboxylic acids is 1. The smallest absolute Gasteiger partial charge is 0.308 e. The Morgan fingerprint density at radius 2 is 0.978 bits per heavy atom. The molecule has 0 aliphatic rings. The van der Waals surface area contributed by atoms with Crippen LogP contribution in [-0.4, -0.2) is 20.2 Å². The second kappa shape index (κ2) is 13.0. The molecule has 0 aliphatic carbocycles. The van der Waals surface area contributed by atoms with Gasteiger partial charge in [0.15, 0.2) is 17.2 Å². The number of fused-ring (bicyclic) bond motifs is 1. The van der Waals surface area contributed by atoms with Gasteiger partial charge in [0.05, 0.1) is 19.2 Å². The van der Waals surface area contributed by atoms with E-state index in [9.17, 15) is 4.79 Å². The summed E-state index contributed by atoms with van der Waals surface area (Å²) in [6, 6.07) is 37.8. The Kier molecular flexibility index (Phi) is 8.58. The normalized spacial score (nSPS) is 10.8. The zero-order valence-electron chi connectivity index (χ0n) is 24.9. The quantitative estimate of drug-likeness (QED) is 0.119. The molecule has 7 heteroatoms. The van der Waals surface area contributed by atoms with Crippen LogP contribution in [0.2, 0.25) is 5.02 Å². The molecule has 0 fully saturated rings. The minimum absolute atomic E-state index is 0.230. The van der Waals surface area contributed by atoms with Gasteiger partial charge in [-0.25, -0.2) is 0 Å². The van der Waals surface area contributed by atoms with E-state index in [0.717, 1.165) is 22.1 Å². The Bertz CT molecular complexity index is 1960. The van der Waals surface area contributed by atoms with Crippen LogP contribution in [0.3, 0.4) is 0 Å². The highest BCUT2D eigenvalue weighted by Crippen LogP contribution is 2.56. The number of ether oxygens (including phenoxy) is 5. The van der Waals surface area contributed by atoms with Crippen molar-refractivity contribution in [1.29, 1.82) is 0 Å². The first-order chi connectivity index (χ1) is 22.0. The van der Waals surface area contributed by atoms with Crippen molar-refractivity contribution >= 4 is 28.3 Å². The summed E-state index contributed by atoms with van der Waals surface area (Å²) in [6.45, 7) is 1.35. The van der Waals surface area contributed by atoms with Gasteiger partial charge in [-0.15, -0.1) is 0 Å². The molecular formula is C38H29ClO6. The molecule has 0 spiro atoms. The Balaban J connectivity index is 1.77. The van der Waals surface area contributed by atoms with Gasteiger partial charge < -0.3 is 23.7 Å². The molecule has 0 aromatic heterocycles. The van der Waals surface area contributed by atoms with Crippen LogP contribution in [0.25, 0.3) is 33.0 Å². The number of methoxy groups -OCH3 is 2. The lowest BCUT2D eigenvalue weighted by Gasteiger charge is -2.24. The summed E-state index contributed by atoms with van der Waals surface area (Å²) in [6.07, 6.45) is 0. The maximum absolute atomic E-state index is 12.4. The largest absolute Gasteiger partial charge is 0.497 e. The average molecular weight is 617 g/mol. The van der Waals surface area contributed by atoms with Crippen molar-refractivity contribution in [1.82, 2.24) is 0 Å². The molecule has 6 aromatic carbocycles. The highest BCUT2D eigenvalue weighted by molar-refractivity contribution is 6.34. The van der Waals surface area contributed by atoms with Gasteiger partial charge in [-0.05, 0) is 71.1 Å². The van der Waals surface area contributed by atoms with Crippen LogP contribution in [0, 0.1) is 0 Å². The van der Waals surface area contributed by atoms with Crippen LogP contribution in [0.1, 0.15) is 6.92 Å². The fourth-order valence-corrected chi connectivity index (χ4v) is 5.41. The lowest BCUT2D eigenvalue weighted by Crippen LogP contribution is -2.05. The fourth-order valence-electron chi connectivity index (χ4n) is 5.21. The Morgan fingerprint density at radius 3 is 1.44 bits per heavy atom. The molecule has 0 radical (unpaired) electrons. The number of hydrogen-bond donors (Lipinski definition) is 0. The standard InChI is InChI=1S/C38H29ClO6/c1-24(40)43-36-32(39)23-22-31-33(25-10-6-4-7-11-25)37(44-29-18-14-27(41-2)15-19-29)38(45-30-20-16-28(42-3)17-21-30)34(35(31)36)26-12-8-5-9-13-26/h4-23H,1-3H3. The van der Waals surface area contributed by atoms with Crippen molar-refractivity contribution in [3.05, 3.63) is 126 Å². The van der Waals surface area contributed by atoms with Gasteiger partial charge in [0.2, 0.25) is 0 Å². The molecule has 0 bridgehead atoms. The SMILES string of the molecule is COc1ccc(Oc2c(Oc3ccc(OC)cc3)c(-c3ccccc3)c3c(OC(C)=O)c(Cl)ccc3c2-c2ccccc2)cc1. The van der Waals surface area contributed by atoms with Gasteiger partial charge in [-0.2, -0.15) is 0 Å². The van der Waals surface area contributed by atoms with E-state index in [-0.39, 0.29) is 10.8 Å². The molecule has 6 rings (SSSR count). The summed E-state index contributed by atoms with van der Waals surface area (Å²) >= 11 is 6.77. The number of esters is 1. The predicted molar refractivity (Wildman–Crippen MR) is 177 cm³/mol. The summed E-state index contributed by atoms with van der Waals surface area (Å²) in [7, 11) is 3.23. The van der Waals surface area contributed by atoms with Crippen molar-refractivity contribution in [3.63, 3.8) is 0 Å². The molecule has 6 nitrogen and oxygen atoms in total. The minimum atomic E-state index is -0.499. The minimum Gasteiger partial charge on any atom is -0.497 e. The van der Waals surface area contributed by atoms with E-state index in [1.807, 2.05) is 115 Å². The number of rotatable bonds is 9. The van der Waals surface area contributed by atoms with E-state index in [0.29, 0.717) is 45.4 Å². The van der Waals surface area contributed by atoms with Gasteiger partial charge in [-0.1, -0.05) is 78.3 Å². The molecule has 224 valence electrons. The second-order valence-electron chi connectivity index (χ2n) is 10.1. The molecule has 6 aromatic rings. The van der Waals surface area contributed by atoms with Gasteiger partial charge in [0, 0.05) is 23.4 Å². The summed E-state index contributed by atoms with van der Waals surface area (Å²) in [5.74, 6) is 3.10. The van der Waals surface area contributed by atoms with E-state index >= 15 is 0 Å². The Labute approximate surface area is 266 Å². The topological polar surface area (TPSA) is 63.2 Å². The summed E-state index contributed by atoms with van der Waals surface area (Å²) in [4.78, 5) is 12.4. The summed E-state index contributed by atoms with van der Waals surface area (Å²) < 4.78 is 30.2. The number of hydrogen-bond acceptors (Lipinski definition) is 6. The monoisotopic (exact) mass is 616 g/mol. The first kappa shape index (κ1) is 29.6. The highest BCUT2D eigenvalue weighted by atomic mass is 35.5. The molecule has 0 amide bonds. The molecule has 0 saturated carbocycles. The molecule has 0 aliphatic heterocycles. The third kappa shape index (κ3) is 6.14.